The van der Waals surface area contributed by atoms with Crippen LogP contribution in [0.3, 0.4) is 0 Å². The third-order valence-electron chi connectivity index (χ3n) is 1.54. The fourth-order valence-electron chi connectivity index (χ4n) is 0.986. The van der Waals surface area contributed by atoms with Gasteiger partial charge in [-0.1, -0.05) is 6.07 Å². The van der Waals surface area contributed by atoms with Crippen LogP contribution in [0.1, 0.15) is 5.56 Å². The molecule has 0 unspecified atom stereocenters. The van der Waals surface area contributed by atoms with Crippen molar-refractivity contribution < 1.29 is 9.47 Å². The first kappa shape index (κ1) is 8.48. The first-order chi connectivity index (χ1) is 5.83. The summed E-state index contributed by atoms with van der Waals surface area (Å²) < 4.78 is 10.1. The van der Waals surface area contributed by atoms with Crippen LogP contribution in [-0.4, -0.2) is 14.2 Å². The Bertz CT molecular complexity index is 310. The second-order valence-electron chi connectivity index (χ2n) is 2.17. The van der Waals surface area contributed by atoms with Gasteiger partial charge in [0.05, 0.1) is 19.8 Å². The summed E-state index contributed by atoms with van der Waals surface area (Å²) in [7, 11) is 3.10. The monoisotopic (exact) mass is 161 g/mol. The van der Waals surface area contributed by atoms with E-state index in [0.717, 1.165) is 0 Å². The molecule has 0 fully saturated rings. The van der Waals surface area contributed by atoms with Gasteiger partial charge in [-0.25, -0.2) is 0 Å². The zero-order chi connectivity index (χ0) is 8.97. The fraction of sp³-hybridized carbons (Fsp3) is 0.200. The van der Waals surface area contributed by atoms with E-state index in [1.165, 1.54) is 0 Å². The molecule has 0 heterocycles. The zero-order valence-electron chi connectivity index (χ0n) is 7.05. The van der Waals surface area contributed by atoms with Crippen LogP contribution < -0.4 is 9.47 Å². The van der Waals surface area contributed by atoms with Crippen molar-refractivity contribution in [3.63, 3.8) is 0 Å². The minimum atomic E-state index is 0.551. The third kappa shape index (κ3) is 1.35. The molecule has 0 aromatic heterocycles. The number of hydrogen-bond acceptors (Lipinski definition) is 2. The summed E-state index contributed by atoms with van der Waals surface area (Å²) in [5, 5.41) is 0. The van der Waals surface area contributed by atoms with Crippen molar-refractivity contribution in [3.05, 3.63) is 30.2 Å². The molecule has 2 nitrogen and oxygen atoms in total. The minimum absolute atomic E-state index is 0.551. The molecule has 2 heteroatoms. The number of rotatable bonds is 2. The second kappa shape index (κ2) is 3.68. The molecule has 0 saturated carbocycles. The second-order valence-corrected chi connectivity index (χ2v) is 2.17. The molecule has 0 aliphatic rings. The molecule has 0 atom stereocenters. The molecule has 0 saturated heterocycles. The summed E-state index contributed by atoms with van der Waals surface area (Å²) in [4.78, 5) is 0. The lowest BCUT2D eigenvalue weighted by molar-refractivity contribution is 0.354. The van der Waals surface area contributed by atoms with E-state index in [1.54, 1.807) is 32.4 Å². The van der Waals surface area contributed by atoms with E-state index in [0.29, 0.717) is 17.1 Å². The van der Waals surface area contributed by atoms with Gasteiger partial charge in [-0.05, 0) is 24.5 Å². The standard InChI is InChI=1S/C10H9O2/c1-4-8-6-5-7-9(11-2)10(8)12-3/h5-7H,2-3H3. The summed E-state index contributed by atoms with van der Waals surface area (Å²) in [6.45, 7) is 0. The third-order valence-corrected chi connectivity index (χ3v) is 1.54. The Morgan fingerprint density at radius 1 is 1.25 bits per heavy atom. The van der Waals surface area contributed by atoms with Crippen molar-refractivity contribution in [1.29, 1.82) is 0 Å². The van der Waals surface area contributed by atoms with Crippen molar-refractivity contribution in [1.82, 2.24) is 0 Å². The van der Waals surface area contributed by atoms with E-state index in [9.17, 15) is 0 Å². The molecule has 0 aliphatic heterocycles. The maximum absolute atomic E-state index is 6.97. The molecule has 0 aliphatic carbocycles. The van der Waals surface area contributed by atoms with Gasteiger partial charge in [-0.3, -0.25) is 0 Å². The lowest BCUT2D eigenvalue weighted by Crippen LogP contribution is -1.92. The van der Waals surface area contributed by atoms with Gasteiger partial charge in [0, 0.05) is 0 Å². The lowest BCUT2D eigenvalue weighted by atomic mass is 10.2. The number of ether oxygens (including phenoxy) is 2. The van der Waals surface area contributed by atoms with Crippen LogP contribution in [-0.2, 0) is 0 Å². The average Bonchev–Trinajstić information content (AvgIpc) is 2.16. The minimum Gasteiger partial charge on any atom is -0.493 e. The van der Waals surface area contributed by atoms with Crippen LogP contribution in [0.25, 0.3) is 0 Å². The topological polar surface area (TPSA) is 18.5 Å². The maximum atomic E-state index is 6.97. The first-order valence-electron chi connectivity index (χ1n) is 3.47. The smallest absolute Gasteiger partial charge is 0.176 e. The molecule has 0 bridgehead atoms. The predicted molar refractivity (Wildman–Crippen MR) is 45.8 cm³/mol. The molecule has 1 aromatic rings. The van der Waals surface area contributed by atoms with Crippen LogP contribution in [0.5, 0.6) is 11.5 Å². The molecule has 1 rings (SSSR count). The summed E-state index contributed by atoms with van der Waals surface area (Å²) in [5.74, 6) is 3.44. The Labute approximate surface area is 72.1 Å². The Morgan fingerprint density at radius 2 is 2.00 bits per heavy atom. The molecule has 0 amide bonds. The lowest BCUT2D eigenvalue weighted by Gasteiger charge is -2.07. The van der Waals surface area contributed by atoms with Crippen molar-refractivity contribution in [2.24, 2.45) is 0 Å². The van der Waals surface area contributed by atoms with E-state index >= 15 is 0 Å². The fourth-order valence-corrected chi connectivity index (χ4v) is 0.986. The van der Waals surface area contributed by atoms with Gasteiger partial charge >= 0.3 is 0 Å². The first-order valence-corrected chi connectivity index (χ1v) is 3.47. The molecule has 1 aromatic carbocycles. The largest absolute Gasteiger partial charge is 0.493 e. The molecule has 61 valence electrons. The van der Waals surface area contributed by atoms with Gasteiger partial charge in [-0.15, -0.1) is 0 Å². The van der Waals surface area contributed by atoms with Crippen molar-refractivity contribution in [2.75, 3.05) is 14.2 Å². The maximum Gasteiger partial charge on any atom is 0.176 e. The highest BCUT2D eigenvalue weighted by molar-refractivity contribution is 5.52. The summed E-state index contributed by atoms with van der Waals surface area (Å²) in [6, 6.07) is 5.31. The van der Waals surface area contributed by atoms with Crippen LogP contribution >= 0.6 is 0 Å². The summed E-state index contributed by atoms with van der Waals surface area (Å²) in [5.41, 5.74) is 0.594. The Kier molecular flexibility index (Phi) is 2.60. The van der Waals surface area contributed by atoms with Gasteiger partial charge in [0.1, 0.15) is 0 Å². The van der Waals surface area contributed by atoms with Crippen LogP contribution in [0, 0.1) is 12.3 Å². The molecular formula is C10H9O2. The van der Waals surface area contributed by atoms with E-state index in [1.807, 2.05) is 0 Å². The molecule has 1 radical (unpaired) electrons. The van der Waals surface area contributed by atoms with Crippen molar-refractivity contribution >= 4 is 0 Å². The van der Waals surface area contributed by atoms with Gasteiger partial charge in [0.15, 0.2) is 11.5 Å². The number of benzene rings is 1. The van der Waals surface area contributed by atoms with Gasteiger partial charge in [-0.2, -0.15) is 0 Å². The Morgan fingerprint density at radius 3 is 2.50 bits per heavy atom. The van der Waals surface area contributed by atoms with Crippen molar-refractivity contribution in [2.45, 2.75) is 0 Å². The van der Waals surface area contributed by atoms with E-state index in [4.69, 9.17) is 15.9 Å². The van der Waals surface area contributed by atoms with E-state index in [2.05, 4.69) is 5.92 Å². The molecular weight excluding hydrogens is 152 g/mol. The van der Waals surface area contributed by atoms with Gasteiger partial charge in [0.2, 0.25) is 0 Å². The zero-order valence-corrected chi connectivity index (χ0v) is 7.05. The Hall–Kier alpha value is -1.62. The quantitative estimate of drug-likeness (QED) is 0.614. The van der Waals surface area contributed by atoms with Gasteiger partial charge < -0.3 is 9.47 Å². The Balaban J connectivity index is 3.24. The number of para-hydroxylation sites is 1. The van der Waals surface area contributed by atoms with Gasteiger partial charge in [0.25, 0.3) is 0 Å². The highest BCUT2D eigenvalue weighted by Crippen LogP contribution is 2.29. The predicted octanol–water partition coefficient (Wildman–Crippen LogP) is 1.64. The highest BCUT2D eigenvalue weighted by Gasteiger charge is 2.05. The van der Waals surface area contributed by atoms with Crippen LogP contribution in [0.15, 0.2) is 18.2 Å². The van der Waals surface area contributed by atoms with E-state index < -0.39 is 0 Å². The average molecular weight is 161 g/mol. The van der Waals surface area contributed by atoms with Crippen LogP contribution in [0.2, 0.25) is 0 Å². The summed E-state index contributed by atoms with van der Waals surface area (Å²) in [6.07, 6.45) is 6.97. The number of methoxy groups -OCH3 is 2. The van der Waals surface area contributed by atoms with Crippen molar-refractivity contribution in [3.8, 4) is 17.4 Å². The molecule has 0 N–H and O–H groups in total. The summed E-state index contributed by atoms with van der Waals surface area (Å²) >= 11 is 0. The molecule has 12 heavy (non-hydrogen) atoms. The normalized spacial score (nSPS) is 8.75. The highest BCUT2D eigenvalue weighted by atomic mass is 16.5. The SMILES string of the molecule is [C]#Cc1cccc(OC)c1OC. The number of hydrogen-bond donors (Lipinski definition) is 0. The molecule has 0 spiro atoms. The van der Waals surface area contributed by atoms with Crippen LogP contribution in [0.4, 0.5) is 0 Å². The van der Waals surface area contributed by atoms with E-state index in [-0.39, 0.29) is 0 Å².